The van der Waals surface area contributed by atoms with Gasteiger partial charge in [-0.2, -0.15) is 13.2 Å². The number of benzene rings is 1. The predicted octanol–water partition coefficient (Wildman–Crippen LogP) is 5.05. The first kappa shape index (κ1) is 21.2. The van der Waals surface area contributed by atoms with E-state index in [1.807, 2.05) is 0 Å². The minimum absolute atomic E-state index is 0.0254. The third-order valence-electron chi connectivity index (χ3n) is 5.49. The summed E-state index contributed by atoms with van der Waals surface area (Å²) in [4.78, 5) is 17.3. The molecule has 160 valence electrons. The number of nitrogens with zero attached hydrogens (tertiary/aromatic N) is 3. The van der Waals surface area contributed by atoms with Crippen LogP contribution in [0.25, 0.3) is 11.2 Å². The van der Waals surface area contributed by atoms with Crippen molar-refractivity contribution in [2.45, 2.75) is 50.6 Å². The van der Waals surface area contributed by atoms with Crippen LogP contribution < -0.4 is 5.69 Å². The molecule has 0 saturated heterocycles. The summed E-state index contributed by atoms with van der Waals surface area (Å²) in [6.07, 6.45) is -2.10. The van der Waals surface area contributed by atoms with Gasteiger partial charge in [-0.05, 0) is 49.4 Å². The number of halogens is 5. The van der Waals surface area contributed by atoms with Gasteiger partial charge in [-0.3, -0.25) is 9.13 Å². The standard InChI is InChI=1S/C20H18Cl2F3N3O2/c21-15-6-1-11(7-16(15)22)10-27-17-8-12(20(23,24)25)9-26-18(17)28(19(27)30)13-2-4-14(29)5-3-13/h1,6-9,13-14,29H,2-5,10H2/t13-,14-. The quantitative estimate of drug-likeness (QED) is 0.596. The highest BCUT2D eigenvalue weighted by molar-refractivity contribution is 6.42. The number of pyridine rings is 1. The van der Waals surface area contributed by atoms with E-state index in [0.717, 1.165) is 12.3 Å². The summed E-state index contributed by atoms with van der Waals surface area (Å²) in [5, 5.41) is 10.4. The zero-order valence-corrected chi connectivity index (χ0v) is 17.2. The number of aliphatic hydroxyl groups is 1. The van der Waals surface area contributed by atoms with Gasteiger partial charge in [0.1, 0.15) is 0 Å². The fraction of sp³-hybridized carbons (Fsp3) is 0.400. The van der Waals surface area contributed by atoms with Gasteiger partial charge in [0, 0.05) is 12.2 Å². The number of aliphatic hydroxyl groups excluding tert-OH is 1. The molecule has 2 aromatic heterocycles. The Kier molecular flexibility index (Phi) is 5.59. The molecule has 0 amide bonds. The second-order valence-corrected chi connectivity index (χ2v) is 8.33. The maximum Gasteiger partial charge on any atom is 0.417 e. The van der Waals surface area contributed by atoms with Gasteiger partial charge in [0.25, 0.3) is 0 Å². The van der Waals surface area contributed by atoms with Crippen molar-refractivity contribution >= 4 is 34.4 Å². The van der Waals surface area contributed by atoms with Gasteiger partial charge in [0.15, 0.2) is 5.65 Å². The first-order valence-corrected chi connectivity index (χ1v) is 10.2. The molecule has 1 saturated carbocycles. The monoisotopic (exact) mass is 459 g/mol. The minimum atomic E-state index is -4.58. The van der Waals surface area contributed by atoms with Crippen LogP contribution in [0.3, 0.4) is 0 Å². The van der Waals surface area contributed by atoms with Crippen LogP contribution in [0.15, 0.2) is 35.3 Å². The molecule has 0 aliphatic heterocycles. The molecule has 30 heavy (non-hydrogen) atoms. The van der Waals surface area contributed by atoms with Gasteiger partial charge >= 0.3 is 11.9 Å². The number of imidazole rings is 1. The highest BCUT2D eigenvalue weighted by Gasteiger charge is 2.33. The molecule has 3 aromatic rings. The van der Waals surface area contributed by atoms with Crippen molar-refractivity contribution in [1.82, 2.24) is 14.1 Å². The first-order valence-electron chi connectivity index (χ1n) is 9.45. The van der Waals surface area contributed by atoms with Crippen LogP contribution in [0.5, 0.6) is 0 Å². The lowest BCUT2D eigenvalue weighted by atomic mass is 9.93. The Hall–Kier alpha value is -2.03. The molecule has 2 heterocycles. The second-order valence-electron chi connectivity index (χ2n) is 7.51. The molecule has 0 unspecified atom stereocenters. The van der Waals surface area contributed by atoms with Crippen LogP contribution in [0.4, 0.5) is 13.2 Å². The number of rotatable bonds is 3. The van der Waals surface area contributed by atoms with Gasteiger partial charge in [0.05, 0.1) is 33.8 Å². The highest BCUT2D eigenvalue weighted by Crippen LogP contribution is 2.33. The third kappa shape index (κ3) is 3.96. The largest absolute Gasteiger partial charge is 0.417 e. The SMILES string of the molecule is O=c1n(Cc2ccc(Cl)c(Cl)c2)c2cc(C(F)(F)F)cnc2n1[C@H]1CC[C@H](O)CC1. The summed E-state index contributed by atoms with van der Waals surface area (Å²) in [5.41, 5.74) is -0.429. The summed E-state index contributed by atoms with van der Waals surface area (Å²) in [6, 6.07) is 5.54. The molecular weight excluding hydrogens is 442 g/mol. The molecule has 10 heteroatoms. The molecule has 0 radical (unpaired) electrons. The summed E-state index contributed by atoms with van der Waals surface area (Å²) in [7, 11) is 0. The van der Waals surface area contributed by atoms with Gasteiger partial charge in [-0.25, -0.2) is 9.78 Å². The number of hydrogen-bond acceptors (Lipinski definition) is 3. The van der Waals surface area contributed by atoms with Crippen LogP contribution in [0.1, 0.15) is 42.9 Å². The van der Waals surface area contributed by atoms with Crippen molar-refractivity contribution in [3.8, 4) is 0 Å². The molecule has 4 rings (SSSR count). The number of aromatic nitrogens is 3. The predicted molar refractivity (Wildman–Crippen MR) is 108 cm³/mol. The Morgan fingerprint density at radius 1 is 1.10 bits per heavy atom. The molecule has 1 fully saturated rings. The van der Waals surface area contributed by atoms with Gasteiger partial charge in [-0.15, -0.1) is 0 Å². The van der Waals surface area contributed by atoms with Gasteiger partial charge in [-0.1, -0.05) is 29.3 Å². The highest BCUT2D eigenvalue weighted by atomic mass is 35.5. The molecule has 0 atom stereocenters. The van der Waals surface area contributed by atoms with Crippen molar-refractivity contribution in [1.29, 1.82) is 0 Å². The fourth-order valence-electron chi connectivity index (χ4n) is 3.93. The van der Waals surface area contributed by atoms with E-state index in [1.54, 1.807) is 18.2 Å². The van der Waals surface area contributed by atoms with E-state index in [9.17, 15) is 23.1 Å². The van der Waals surface area contributed by atoms with Gasteiger partial charge in [0.2, 0.25) is 0 Å². The van der Waals surface area contributed by atoms with Crippen molar-refractivity contribution in [2.75, 3.05) is 0 Å². The average Bonchev–Trinajstić information content (AvgIpc) is 2.96. The van der Waals surface area contributed by atoms with Crippen molar-refractivity contribution < 1.29 is 18.3 Å². The van der Waals surface area contributed by atoms with E-state index < -0.39 is 23.5 Å². The number of fused-ring (bicyclic) bond motifs is 1. The van der Waals surface area contributed by atoms with E-state index in [1.165, 1.54) is 9.13 Å². The van der Waals surface area contributed by atoms with E-state index in [0.29, 0.717) is 41.3 Å². The Morgan fingerprint density at radius 3 is 2.43 bits per heavy atom. The van der Waals surface area contributed by atoms with E-state index >= 15 is 0 Å². The van der Waals surface area contributed by atoms with E-state index in [-0.39, 0.29) is 23.8 Å². The van der Waals surface area contributed by atoms with Crippen LogP contribution in [-0.4, -0.2) is 25.3 Å². The maximum atomic E-state index is 13.3. The lowest BCUT2D eigenvalue weighted by molar-refractivity contribution is -0.137. The molecule has 1 aliphatic rings. The lowest BCUT2D eigenvalue weighted by Gasteiger charge is -2.26. The average molecular weight is 460 g/mol. The summed E-state index contributed by atoms with van der Waals surface area (Å²) < 4.78 is 42.6. The Bertz CT molecular complexity index is 1150. The van der Waals surface area contributed by atoms with Crippen LogP contribution >= 0.6 is 23.2 Å². The number of alkyl halides is 3. The van der Waals surface area contributed by atoms with Gasteiger partial charge < -0.3 is 5.11 Å². The van der Waals surface area contributed by atoms with Crippen molar-refractivity contribution in [3.63, 3.8) is 0 Å². The molecule has 1 aliphatic carbocycles. The Balaban J connectivity index is 1.87. The summed E-state index contributed by atoms with van der Waals surface area (Å²) in [6.45, 7) is 0.0254. The molecule has 1 N–H and O–H groups in total. The third-order valence-corrected chi connectivity index (χ3v) is 6.23. The molecular formula is C20H18Cl2F3N3O2. The topological polar surface area (TPSA) is 60.0 Å². The lowest BCUT2D eigenvalue weighted by Crippen LogP contribution is -2.31. The van der Waals surface area contributed by atoms with Crippen molar-refractivity contribution in [3.05, 3.63) is 62.1 Å². The number of hydrogen-bond donors (Lipinski definition) is 1. The molecule has 1 aromatic carbocycles. The molecule has 0 spiro atoms. The Labute approximate surface area is 179 Å². The minimum Gasteiger partial charge on any atom is -0.393 e. The van der Waals surface area contributed by atoms with Crippen LogP contribution in [0, 0.1) is 0 Å². The fourth-order valence-corrected chi connectivity index (χ4v) is 4.25. The van der Waals surface area contributed by atoms with E-state index in [2.05, 4.69) is 4.98 Å². The summed E-state index contributed by atoms with van der Waals surface area (Å²) in [5.74, 6) is 0. The van der Waals surface area contributed by atoms with Crippen molar-refractivity contribution in [2.24, 2.45) is 0 Å². The zero-order valence-electron chi connectivity index (χ0n) is 15.7. The smallest absolute Gasteiger partial charge is 0.393 e. The molecule has 5 nitrogen and oxygen atoms in total. The molecule has 0 bridgehead atoms. The van der Waals surface area contributed by atoms with Crippen LogP contribution in [-0.2, 0) is 12.7 Å². The maximum absolute atomic E-state index is 13.3. The zero-order chi connectivity index (χ0) is 21.6. The van der Waals surface area contributed by atoms with E-state index in [4.69, 9.17) is 23.2 Å². The normalized spacial score (nSPS) is 20.1. The van der Waals surface area contributed by atoms with Crippen LogP contribution in [0.2, 0.25) is 10.0 Å². The first-order chi connectivity index (χ1) is 14.1. The second kappa shape index (κ2) is 7.90. The summed E-state index contributed by atoms with van der Waals surface area (Å²) >= 11 is 12.0. The Morgan fingerprint density at radius 2 is 1.80 bits per heavy atom.